The summed E-state index contributed by atoms with van der Waals surface area (Å²) in [6, 6.07) is 11.3. The molecule has 0 saturated carbocycles. The van der Waals surface area contributed by atoms with Crippen molar-refractivity contribution in [2.45, 2.75) is 19.9 Å². The zero-order valence-corrected chi connectivity index (χ0v) is 13.4. The van der Waals surface area contributed by atoms with Gasteiger partial charge in [-0.05, 0) is 29.7 Å². The van der Waals surface area contributed by atoms with Crippen LogP contribution < -0.4 is 0 Å². The Morgan fingerprint density at radius 3 is 2.33 bits per heavy atom. The van der Waals surface area contributed by atoms with Crippen molar-refractivity contribution in [2.24, 2.45) is 0 Å². The molecule has 21 heavy (non-hydrogen) atoms. The second-order valence-corrected chi connectivity index (χ2v) is 5.59. The first-order valence-corrected chi connectivity index (χ1v) is 7.42. The fraction of sp³-hybridized carbons (Fsp3) is 0.250. The number of benzene rings is 1. The van der Waals surface area contributed by atoms with Crippen molar-refractivity contribution in [3.05, 3.63) is 63.4 Å². The van der Waals surface area contributed by atoms with Gasteiger partial charge in [-0.2, -0.15) is 0 Å². The topological polar surface area (TPSA) is 33.2 Å². The Hall–Kier alpha value is -1.58. The molecule has 0 N–H and O–H groups in total. The first-order valence-electron chi connectivity index (χ1n) is 6.66. The average molecular weight is 323 g/mol. The molecule has 0 saturated heterocycles. The van der Waals surface area contributed by atoms with Gasteiger partial charge in [0.2, 0.25) is 0 Å². The second kappa shape index (κ2) is 6.92. The number of rotatable bonds is 4. The maximum atomic E-state index is 12.4. The lowest BCUT2D eigenvalue weighted by molar-refractivity contribution is 0.0779. The number of aromatic nitrogens is 1. The van der Waals surface area contributed by atoms with E-state index in [9.17, 15) is 4.79 Å². The van der Waals surface area contributed by atoms with Crippen LogP contribution in [-0.2, 0) is 13.0 Å². The van der Waals surface area contributed by atoms with Gasteiger partial charge in [-0.15, -0.1) is 0 Å². The van der Waals surface area contributed by atoms with E-state index in [1.807, 2.05) is 12.1 Å². The predicted octanol–water partition coefficient (Wildman–Crippen LogP) is 4.22. The lowest BCUT2D eigenvalue weighted by Gasteiger charge is -2.17. The van der Waals surface area contributed by atoms with Gasteiger partial charge in [0.1, 0.15) is 10.8 Å². The van der Waals surface area contributed by atoms with Crippen molar-refractivity contribution in [1.29, 1.82) is 0 Å². The van der Waals surface area contributed by atoms with Crippen molar-refractivity contribution in [2.75, 3.05) is 7.05 Å². The molecule has 0 radical (unpaired) electrons. The highest BCUT2D eigenvalue weighted by atomic mass is 35.5. The van der Waals surface area contributed by atoms with Crippen molar-refractivity contribution < 1.29 is 4.79 Å². The van der Waals surface area contributed by atoms with Gasteiger partial charge >= 0.3 is 0 Å². The molecule has 1 aromatic carbocycles. The zero-order chi connectivity index (χ0) is 15.4. The Bertz CT molecular complexity index is 641. The molecule has 0 atom stereocenters. The van der Waals surface area contributed by atoms with Crippen LogP contribution in [0.4, 0.5) is 0 Å². The first kappa shape index (κ1) is 15.8. The van der Waals surface area contributed by atoms with E-state index in [0.29, 0.717) is 11.6 Å². The maximum absolute atomic E-state index is 12.4. The van der Waals surface area contributed by atoms with E-state index in [1.54, 1.807) is 24.1 Å². The number of hydrogen-bond donors (Lipinski definition) is 0. The highest BCUT2D eigenvalue weighted by Gasteiger charge is 2.17. The minimum Gasteiger partial charge on any atom is -0.336 e. The lowest BCUT2D eigenvalue weighted by Crippen LogP contribution is -2.27. The number of nitrogens with zero attached hydrogens (tertiary/aromatic N) is 2. The van der Waals surface area contributed by atoms with Gasteiger partial charge in [0.15, 0.2) is 0 Å². The fourth-order valence-corrected chi connectivity index (χ4v) is 2.31. The summed E-state index contributed by atoms with van der Waals surface area (Å²) in [5, 5.41) is 0.557. The summed E-state index contributed by atoms with van der Waals surface area (Å²) < 4.78 is 0. The molecule has 0 aliphatic rings. The monoisotopic (exact) mass is 322 g/mol. The predicted molar refractivity (Wildman–Crippen MR) is 85.9 cm³/mol. The minimum atomic E-state index is -0.248. The number of carbonyl (C=O) groups excluding carboxylic acids is 1. The van der Waals surface area contributed by atoms with Crippen LogP contribution in [-0.4, -0.2) is 22.8 Å². The van der Waals surface area contributed by atoms with Crippen LogP contribution in [0.5, 0.6) is 0 Å². The molecule has 0 aliphatic carbocycles. The van der Waals surface area contributed by atoms with Gasteiger partial charge in [0.05, 0.1) is 5.02 Å². The van der Waals surface area contributed by atoms with Crippen LogP contribution in [0.2, 0.25) is 10.2 Å². The summed E-state index contributed by atoms with van der Waals surface area (Å²) in [7, 11) is 1.72. The number of aryl methyl sites for hydroxylation is 1. The highest BCUT2D eigenvalue weighted by molar-refractivity contribution is 6.34. The molecule has 0 bridgehead atoms. The molecule has 2 rings (SSSR count). The Balaban J connectivity index is 2.13. The summed E-state index contributed by atoms with van der Waals surface area (Å²) in [5.74, 6) is -0.248. The van der Waals surface area contributed by atoms with E-state index >= 15 is 0 Å². The molecule has 110 valence electrons. The first-order chi connectivity index (χ1) is 10.0. The van der Waals surface area contributed by atoms with E-state index in [4.69, 9.17) is 23.2 Å². The highest BCUT2D eigenvalue weighted by Crippen LogP contribution is 2.19. The summed E-state index contributed by atoms with van der Waals surface area (Å²) in [6.45, 7) is 2.60. The average Bonchev–Trinajstić information content (AvgIpc) is 2.49. The molecule has 1 heterocycles. The third kappa shape index (κ3) is 3.96. The summed E-state index contributed by atoms with van der Waals surface area (Å²) >= 11 is 11.8. The molecular weight excluding hydrogens is 307 g/mol. The molecule has 0 spiro atoms. The van der Waals surface area contributed by atoms with E-state index in [-0.39, 0.29) is 16.8 Å². The van der Waals surface area contributed by atoms with Gasteiger partial charge < -0.3 is 4.90 Å². The zero-order valence-electron chi connectivity index (χ0n) is 11.9. The number of halogens is 2. The van der Waals surface area contributed by atoms with E-state index in [1.165, 1.54) is 5.56 Å². The van der Waals surface area contributed by atoms with Gasteiger partial charge in [0, 0.05) is 13.6 Å². The number of pyridine rings is 1. The van der Waals surface area contributed by atoms with Crippen LogP contribution in [0.25, 0.3) is 0 Å². The minimum absolute atomic E-state index is 0.178. The molecule has 1 aromatic heterocycles. The van der Waals surface area contributed by atoms with Crippen molar-refractivity contribution >= 4 is 29.1 Å². The van der Waals surface area contributed by atoms with Crippen molar-refractivity contribution in [3.8, 4) is 0 Å². The van der Waals surface area contributed by atoms with E-state index in [0.717, 1.165) is 12.0 Å². The van der Waals surface area contributed by atoms with Crippen LogP contribution in [0.3, 0.4) is 0 Å². The van der Waals surface area contributed by atoms with E-state index in [2.05, 4.69) is 24.0 Å². The van der Waals surface area contributed by atoms with Gasteiger partial charge in [0.25, 0.3) is 5.91 Å². The maximum Gasteiger partial charge on any atom is 0.274 e. The molecule has 5 heteroatoms. The third-order valence-corrected chi connectivity index (χ3v) is 3.73. The quantitative estimate of drug-likeness (QED) is 0.789. The number of amides is 1. The molecular formula is C16H16Cl2N2O. The number of hydrogen-bond acceptors (Lipinski definition) is 2. The van der Waals surface area contributed by atoms with Crippen LogP contribution >= 0.6 is 23.2 Å². The second-order valence-electron chi connectivity index (χ2n) is 4.80. The molecule has 3 nitrogen and oxygen atoms in total. The van der Waals surface area contributed by atoms with Crippen LogP contribution in [0, 0.1) is 0 Å². The third-order valence-electron chi connectivity index (χ3n) is 3.21. The number of carbonyl (C=O) groups is 1. The summed E-state index contributed by atoms with van der Waals surface area (Å²) in [6.07, 6.45) is 0.997. The van der Waals surface area contributed by atoms with Crippen molar-refractivity contribution in [1.82, 2.24) is 9.88 Å². The molecule has 0 aliphatic heterocycles. The van der Waals surface area contributed by atoms with E-state index < -0.39 is 0 Å². The normalized spacial score (nSPS) is 10.5. The SMILES string of the molecule is CCc1ccc(CN(C)C(=O)c2nc(Cl)ccc2Cl)cc1. The Morgan fingerprint density at radius 2 is 1.71 bits per heavy atom. The summed E-state index contributed by atoms with van der Waals surface area (Å²) in [4.78, 5) is 17.9. The largest absolute Gasteiger partial charge is 0.336 e. The van der Waals surface area contributed by atoms with Gasteiger partial charge in [-0.3, -0.25) is 4.79 Å². The Kier molecular flexibility index (Phi) is 5.21. The van der Waals surface area contributed by atoms with Gasteiger partial charge in [-0.1, -0.05) is 54.4 Å². The Labute approximate surface area is 134 Å². The standard InChI is InChI=1S/C16H16Cl2N2O/c1-3-11-4-6-12(7-5-11)10-20(2)16(21)15-13(17)8-9-14(18)19-15/h4-9H,3,10H2,1-2H3. The van der Waals surface area contributed by atoms with Gasteiger partial charge in [-0.25, -0.2) is 4.98 Å². The molecule has 2 aromatic rings. The Morgan fingerprint density at radius 1 is 1.10 bits per heavy atom. The lowest BCUT2D eigenvalue weighted by atomic mass is 10.1. The molecule has 0 fully saturated rings. The summed E-state index contributed by atoms with van der Waals surface area (Å²) in [5.41, 5.74) is 2.50. The molecule has 0 unspecified atom stereocenters. The smallest absolute Gasteiger partial charge is 0.274 e. The van der Waals surface area contributed by atoms with Crippen molar-refractivity contribution in [3.63, 3.8) is 0 Å². The molecule has 1 amide bonds. The van der Waals surface area contributed by atoms with Crippen LogP contribution in [0.15, 0.2) is 36.4 Å². The fourth-order valence-electron chi connectivity index (χ4n) is 1.98. The van der Waals surface area contributed by atoms with Crippen LogP contribution in [0.1, 0.15) is 28.5 Å².